The van der Waals surface area contributed by atoms with Crippen molar-refractivity contribution in [2.75, 3.05) is 39.4 Å². The average molecular weight is 652 g/mol. The summed E-state index contributed by atoms with van der Waals surface area (Å²) >= 11 is 24.2. The van der Waals surface area contributed by atoms with E-state index in [0.717, 1.165) is 38.2 Å². The summed E-state index contributed by atoms with van der Waals surface area (Å²) in [7, 11) is 0. The molecule has 0 unspecified atom stereocenters. The van der Waals surface area contributed by atoms with Gasteiger partial charge in [-0.25, -0.2) is 0 Å². The number of amides is 1. The fraction of sp³-hybridized carbons (Fsp3) is 0.406. The smallest absolute Gasteiger partial charge is 0.253 e. The van der Waals surface area contributed by atoms with Crippen molar-refractivity contribution in [2.45, 2.75) is 37.8 Å². The Balaban J connectivity index is 1.03. The highest BCUT2D eigenvalue weighted by atomic mass is 35.5. The van der Waals surface area contributed by atoms with Crippen LogP contribution in [0.15, 0.2) is 60.7 Å². The van der Waals surface area contributed by atoms with Crippen molar-refractivity contribution in [3.05, 3.63) is 91.9 Å². The SMILES string of the molecule is O=C(c1ccc(OCC2CCN(Cc3ccc(Cl)c(Cl)c3)CC2)cc1)N1CCC(O)(COc2ccc(Cl)c(Cl)c2)CC1. The molecule has 2 aliphatic rings. The van der Waals surface area contributed by atoms with Crippen LogP contribution in [0, 0.1) is 5.92 Å². The molecule has 3 aromatic carbocycles. The number of carbonyl (C=O) groups excluding carboxylic acids is 1. The van der Waals surface area contributed by atoms with Crippen LogP contribution in [0.1, 0.15) is 41.6 Å². The Hall–Kier alpha value is -2.19. The van der Waals surface area contributed by atoms with E-state index in [1.54, 1.807) is 23.1 Å². The lowest BCUT2D eigenvalue weighted by Crippen LogP contribution is -2.49. The third kappa shape index (κ3) is 8.25. The first-order valence-electron chi connectivity index (χ1n) is 14.2. The van der Waals surface area contributed by atoms with E-state index in [4.69, 9.17) is 55.9 Å². The van der Waals surface area contributed by atoms with Crippen molar-refractivity contribution >= 4 is 52.3 Å². The molecule has 6 nitrogen and oxygen atoms in total. The zero-order chi connectivity index (χ0) is 29.7. The Morgan fingerprint density at radius 1 is 0.786 bits per heavy atom. The minimum absolute atomic E-state index is 0.0525. The lowest BCUT2D eigenvalue weighted by atomic mass is 9.92. The molecule has 2 aliphatic heterocycles. The van der Waals surface area contributed by atoms with Gasteiger partial charge in [0.2, 0.25) is 0 Å². The largest absolute Gasteiger partial charge is 0.493 e. The summed E-state index contributed by atoms with van der Waals surface area (Å²) in [5.41, 5.74) is 0.763. The summed E-state index contributed by atoms with van der Waals surface area (Å²) in [6.07, 6.45) is 2.98. The molecule has 0 saturated carbocycles. The van der Waals surface area contributed by atoms with Gasteiger partial charge in [-0.1, -0.05) is 52.5 Å². The zero-order valence-corrected chi connectivity index (χ0v) is 26.2. The van der Waals surface area contributed by atoms with E-state index < -0.39 is 5.60 Å². The second-order valence-electron chi connectivity index (χ2n) is 11.2. The number of piperidine rings is 2. The van der Waals surface area contributed by atoms with E-state index in [-0.39, 0.29) is 12.5 Å². The van der Waals surface area contributed by atoms with E-state index in [1.807, 2.05) is 42.5 Å². The third-order valence-corrected chi connectivity index (χ3v) is 9.54. The van der Waals surface area contributed by atoms with Crippen LogP contribution in [0.3, 0.4) is 0 Å². The second kappa shape index (κ2) is 14.1. The highest BCUT2D eigenvalue weighted by Gasteiger charge is 2.35. The topological polar surface area (TPSA) is 62.2 Å². The summed E-state index contributed by atoms with van der Waals surface area (Å²) in [6, 6.07) is 18.2. The van der Waals surface area contributed by atoms with Gasteiger partial charge in [0.25, 0.3) is 5.91 Å². The van der Waals surface area contributed by atoms with E-state index in [2.05, 4.69) is 4.90 Å². The van der Waals surface area contributed by atoms with Crippen LogP contribution in [-0.2, 0) is 6.54 Å². The molecule has 1 amide bonds. The number of ether oxygens (including phenoxy) is 2. The maximum atomic E-state index is 13.1. The first kappa shape index (κ1) is 31.2. The van der Waals surface area contributed by atoms with E-state index >= 15 is 0 Å². The number of carbonyl (C=O) groups is 1. The summed E-state index contributed by atoms with van der Waals surface area (Å²) in [5, 5.41) is 13.0. The normalized spacial score (nSPS) is 17.7. The molecule has 5 rings (SSSR count). The monoisotopic (exact) mass is 650 g/mol. The minimum atomic E-state index is -1.01. The number of likely N-dealkylation sites (tertiary alicyclic amines) is 2. The van der Waals surface area contributed by atoms with Gasteiger partial charge >= 0.3 is 0 Å². The molecule has 3 aromatic rings. The molecule has 2 saturated heterocycles. The lowest BCUT2D eigenvalue weighted by Gasteiger charge is -2.38. The molecule has 224 valence electrons. The minimum Gasteiger partial charge on any atom is -0.493 e. The molecule has 42 heavy (non-hydrogen) atoms. The Bertz CT molecular complexity index is 1370. The predicted molar refractivity (Wildman–Crippen MR) is 168 cm³/mol. The number of rotatable bonds is 9. The van der Waals surface area contributed by atoms with Crippen molar-refractivity contribution in [1.82, 2.24) is 9.80 Å². The standard InChI is InChI=1S/C32H34Cl4N2O4/c33-27-7-1-23(17-29(27)35)19-37-13-9-22(10-14-37)20-41-25-4-2-24(3-5-25)31(39)38-15-11-32(40,12-16-38)21-42-26-6-8-28(34)30(36)18-26/h1-8,17-18,22,40H,9-16,19-21H2. The van der Waals surface area contributed by atoms with E-state index in [0.29, 0.717) is 69.9 Å². The summed E-state index contributed by atoms with van der Waals surface area (Å²) in [4.78, 5) is 17.3. The maximum absolute atomic E-state index is 13.1. The summed E-state index contributed by atoms with van der Waals surface area (Å²) in [6.45, 7) is 4.55. The van der Waals surface area contributed by atoms with Gasteiger partial charge in [-0.05, 0) is 98.8 Å². The van der Waals surface area contributed by atoms with Crippen LogP contribution >= 0.6 is 46.4 Å². The van der Waals surface area contributed by atoms with Crippen molar-refractivity contribution in [3.8, 4) is 11.5 Å². The summed E-state index contributed by atoms with van der Waals surface area (Å²) < 4.78 is 11.8. The number of benzene rings is 3. The van der Waals surface area contributed by atoms with Gasteiger partial charge < -0.3 is 19.5 Å². The zero-order valence-electron chi connectivity index (χ0n) is 23.2. The van der Waals surface area contributed by atoms with Crippen molar-refractivity contribution in [1.29, 1.82) is 0 Å². The number of nitrogens with zero attached hydrogens (tertiary/aromatic N) is 2. The molecular formula is C32H34Cl4N2O4. The van der Waals surface area contributed by atoms with Crippen molar-refractivity contribution in [2.24, 2.45) is 5.92 Å². The van der Waals surface area contributed by atoms with Crippen molar-refractivity contribution < 1.29 is 19.4 Å². The third-order valence-electron chi connectivity index (χ3n) is 8.06. The van der Waals surface area contributed by atoms with E-state index in [1.165, 1.54) is 5.56 Å². The molecule has 0 bridgehead atoms. The van der Waals surface area contributed by atoms with Gasteiger partial charge in [-0.15, -0.1) is 0 Å². The van der Waals surface area contributed by atoms with Crippen LogP contribution in [-0.4, -0.2) is 65.8 Å². The van der Waals surface area contributed by atoms with Gasteiger partial charge in [0.1, 0.15) is 23.7 Å². The van der Waals surface area contributed by atoms with Crippen LogP contribution in [0.25, 0.3) is 0 Å². The Labute approximate surface area is 267 Å². The fourth-order valence-electron chi connectivity index (χ4n) is 5.35. The number of aliphatic hydroxyl groups is 1. The number of halogens is 4. The molecular weight excluding hydrogens is 618 g/mol. The van der Waals surface area contributed by atoms with Crippen LogP contribution < -0.4 is 9.47 Å². The Morgan fingerprint density at radius 2 is 1.40 bits per heavy atom. The van der Waals surface area contributed by atoms with Crippen LogP contribution in [0.5, 0.6) is 11.5 Å². The van der Waals surface area contributed by atoms with Gasteiger partial charge in [0, 0.05) is 31.3 Å². The molecule has 2 fully saturated rings. The summed E-state index contributed by atoms with van der Waals surface area (Å²) in [5.74, 6) is 1.74. The quantitative estimate of drug-likeness (QED) is 0.258. The predicted octanol–water partition coefficient (Wildman–Crippen LogP) is 7.64. The lowest BCUT2D eigenvalue weighted by molar-refractivity contribution is -0.0475. The first-order chi connectivity index (χ1) is 20.2. The van der Waals surface area contributed by atoms with Gasteiger partial charge in [0.15, 0.2) is 0 Å². The molecule has 0 radical (unpaired) electrons. The van der Waals surface area contributed by atoms with Crippen LogP contribution in [0.2, 0.25) is 20.1 Å². The fourth-order valence-corrected chi connectivity index (χ4v) is 5.96. The molecule has 0 spiro atoms. The van der Waals surface area contributed by atoms with Crippen molar-refractivity contribution in [3.63, 3.8) is 0 Å². The molecule has 10 heteroatoms. The highest BCUT2D eigenvalue weighted by molar-refractivity contribution is 6.42. The molecule has 2 heterocycles. The number of hydrogen-bond acceptors (Lipinski definition) is 5. The highest BCUT2D eigenvalue weighted by Crippen LogP contribution is 2.30. The molecule has 1 N–H and O–H groups in total. The molecule has 0 aliphatic carbocycles. The van der Waals surface area contributed by atoms with Crippen LogP contribution in [0.4, 0.5) is 0 Å². The van der Waals surface area contributed by atoms with E-state index in [9.17, 15) is 9.90 Å². The Morgan fingerprint density at radius 3 is 2.05 bits per heavy atom. The second-order valence-corrected chi connectivity index (χ2v) is 12.8. The molecule has 0 atom stereocenters. The number of hydrogen-bond donors (Lipinski definition) is 1. The van der Waals surface area contributed by atoms with Gasteiger partial charge in [0.05, 0.1) is 26.7 Å². The van der Waals surface area contributed by atoms with Gasteiger partial charge in [-0.2, -0.15) is 0 Å². The average Bonchev–Trinajstić information content (AvgIpc) is 3.00. The Kier molecular flexibility index (Phi) is 10.5. The first-order valence-corrected chi connectivity index (χ1v) is 15.7. The maximum Gasteiger partial charge on any atom is 0.253 e. The molecule has 0 aromatic heterocycles. The van der Waals surface area contributed by atoms with Gasteiger partial charge in [-0.3, -0.25) is 9.69 Å².